The first-order valence-electron chi connectivity index (χ1n) is 6.17. The maximum Gasteiger partial charge on any atom is 0.246 e. The summed E-state index contributed by atoms with van der Waals surface area (Å²) in [6.07, 6.45) is 3.31. The molecule has 0 aromatic heterocycles. The molecule has 0 saturated carbocycles. The van der Waals surface area contributed by atoms with Gasteiger partial charge in [-0.25, -0.2) is 0 Å². The van der Waals surface area contributed by atoms with E-state index in [1.165, 1.54) is 0 Å². The molecule has 1 aliphatic heterocycles. The summed E-state index contributed by atoms with van der Waals surface area (Å²) < 4.78 is 0. The van der Waals surface area contributed by atoms with Crippen LogP contribution in [0.1, 0.15) is 5.56 Å². The van der Waals surface area contributed by atoms with Crippen LogP contribution in [0.15, 0.2) is 24.3 Å². The highest BCUT2D eigenvalue weighted by Crippen LogP contribution is 2.22. The van der Waals surface area contributed by atoms with E-state index in [1.54, 1.807) is 30.4 Å². The summed E-state index contributed by atoms with van der Waals surface area (Å²) in [5, 5.41) is 1.14. The van der Waals surface area contributed by atoms with Crippen molar-refractivity contribution in [3.8, 4) is 0 Å². The van der Waals surface area contributed by atoms with Crippen LogP contribution in [-0.4, -0.2) is 48.9 Å². The minimum Gasteiger partial charge on any atom is -0.337 e. The van der Waals surface area contributed by atoms with Crippen molar-refractivity contribution in [2.24, 2.45) is 0 Å². The Hall–Kier alpha value is -1.03. The summed E-state index contributed by atoms with van der Waals surface area (Å²) >= 11 is 11.9. The first-order chi connectivity index (χ1) is 9.06. The van der Waals surface area contributed by atoms with Gasteiger partial charge in [-0.2, -0.15) is 0 Å². The van der Waals surface area contributed by atoms with Crippen LogP contribution in [0.4, 0.5) is 0 Å². The predicted octanol–water partition coefficient (Wildman–Crippen LogP) is 2.78. The fraction of sp³-hybridized carbons (Fsp3) is 0.357. The number of hydrogen-bond acceptors (Lipinski definition) is 2. The molecule has 1 fully saturated rings. The van der Waals surface area contributed by atoms with Crippen molar-refractivity contribution in [3.05, 3.63) is 39.9 Å². The normalized spacial score (nSPS) is 17.1. The molecule has 1 amide bonds. The number of halogens is 2. The van der Waals surface area contributed by atoms with E-state index in [1.807, 2.05) is 4.90 Å². The van der Waals surface area contributed by atoms with Gasteiger partial charge < -0.3 is 9.80 Å². The summed E-state index contributed by atoms with van der Waals surface area (Å²) in [7, 11) is 2.06. The molecule has 19 heavy (non-hydrogen) atoms. The van der Waals surface area contributed by atoms with Gasteiger partial charge in [-0.3, -0.25) is 4.79 Å². The fourth-order valence-corrected chi connectivity index (χ4v) is 2.40. The van der Waals surface area contributed by atoms with E-state index in [-0.39, 0.29) is 5.91 Å². The van der Waals surface area contributed by atoms with Gasteiger partial charge >= 0.3 is 0 Å². The number of likely N-dealkylation sites (N-methyl/N-ethyl adjacent to an activating group) is 1. The molecular weight excluding hydrogens is 283 g/mol. The molecule has 0 unspecified atom stereocenters. The maximum absolute atomic E-state index is 12.0. The van der Waals surface area contributed by atoms with Gasteiger partial charge in [0.15, 0.2) is 0 Å². The van der Waals surface area contributed by atoms with Gasteiger partial charge in [-0.15, -0.1) is 0 Å². The van der Waals surface area contributed by atoms with Crippen LogP contribution in [0.25, 0.3) is 6.08 Å². The Balaban J connectivity index is 2.00. The van der Waals surface area contributed by atoms with Crippen LogP contribution in [0.2, 0.25) is 10.0 Å². The number of benzene rings is 1. The van der Waals surface area contributed by atoms with Crippen molar-refractivity contribution in [3.63, 3.8) is 0 Å². The minimum atomic E-state index is 0.0270. The Bertz CT molecular complexity index is 494. The van der Waals surface area contributed by atoms with E-state index in [0.29, 0.717) is 10.0 Å². The molecular formula is C14H16Cl2N2O. The molecule has 0 bridgehead atoms. The zero-order valence-corrected chi connectivity index (χ0v) is 12.3. The molecule has 3 nitrogen and oxygen atoms in total. The Morgan fingerprint density at radius 1 is 1.21 bits per heavy atom. The minimum absolute atomic E-state index is 0.0270. The van der Waals surface area contributed by atoms with Gasteiger partial charge in [0, 0.05) is 42.3 Å². The standard InChI is InChI=1S/C14H16Cl2N2O/c1-17-6-8-18(9-7-17)14(19)5-3-11-2-4-12(15)10-13(11)16/h2-5,10H,6-9H2,1H3. The second kappa shape index (κ2) is 6.42. The number of piperazine rings is 1. The number of amides is 1. The quantitative estimate of drug-likeness (QED) is 0.784. The van der Waals surface area contributed by atoms with E-state index in [9.17, 15) is 4.79 Å². The average molecular weight is 299 g/mol. The maximum atomic E-state index is 12.0. The second-order valence-electron chi connectivity index (χ2n) is 4.63. The van der Waals surface area contributed by atoms with Crippen molar-refractivity contribution >= 4 is 35.2 Å². The molecule has 0 N–H and O–H groups in total. The molecule has 1 heterocycles. The van der Waals surface area contributed by atoms with Gasteiger partial charge in [0.2, 0.25) is 5.91 Å². The van der Waals surface area contributed by atoms with Gasteiger partial charge in [-0.05, 0) is 30.8 Å². The third-order valence-corrected chi connectivity index (χ3v) is 3.75. The summed E-state index contributed by atoms with van der Waals surface area (Å²) in [6.45, 7) is 3.38. The summed E-state index contributed by atoms with van der Waals surface area (Å²) in [5.74, 6) is 0.0270. The molecule has 5 heteroatoms. The lowest BCUT2D eigenvalue weighted by Crippen LogP contribution is -2.46. The number of carbonyl (C=O) groups excluding carboxylic acids is 1. The molecule has 102 valence electrons. The van der Waals surface area contributed by atoms with Crippen LogP contribution in [0.5, 0.6) is 0 Å². The van der Waals surface area contributed by atoms with Crippen molar-refractivity contribution in [1.82, 2.24) is 9.80 Å². The Morgan fingerprint density at radius 3 is 2.53 bits per heavy atom. The molecule has 0 aliphatic carbocycles. The van der Waals surface area contributed by atoms with E-state index in [4.69, 9.17) is 23.2 Å². The highest BCUT2D eigenvalue weighted by molar-refractivity contribution is 6.35. The first kappa shape index (κ1) is 14.4. The highest BCUT2D eigenvalue weighted by Gasteiger charge is 2.16. The Morgan fingerprint density at radius 2 is 1.89 bits per heavy atom. The van der Waals surface area contributed by atoms with Gasteiger partial charge in [0.05, 0.1) is 0 Å². The zero-order chi connectivity index (χ0) is 13.8. The zero-order valence-electron chi connectivity index (χ0n) is 10.8. The molecule has 2 rings (SSSR count). The van der Waals surface area contributed by atoms with E-state index >= 15 is 0 Å². The highest BCUT2D eigenvalue weighted by atomic mass is 35.5. The topological polar surface area (TPSA) is 23.6 Å². The summed E-state index contributed by atoms with van der Waals surface area (Å²) in [5.41, 5.74) is 0.800. The van der Waals surface area contributed by atoms with E-state index < -0.39 is 0 Å². The average Bonchev–Trinajstić information content (AvgIpc) is 2.38. The van der Waals surface area contributed by atoms with Gasteiger partial charge in [0.1, 0.15) is 0 Å². The molecule has 0 atom stereocenters. The van der Waals surface area contributed by atoms with Gasteiger partial charge in [0.25, 0.3) is 0 Å². The van der Waals surface area contributed by atoms with Crippen LogP contribution in [0, 0.1) is 0 Å². The number of nitrogens with zero attached hydrogens (tertiary/aromatic N) is 2. The van der Waals surface area contributed by atoms with E-state index in [0.717, 1.165) is 31.7 Å². The van der Waals surface area contributed by atoms with Crippen molar-refractivity contribution in [1.29, 1.82) is 0 Å². The van der Waals surface area contributed by atoms with Gasteiger partial charge in [-0.1, -0.05) is 29.3 Å². The summed E-state index contributed by atoms with van der Waals surface area (Å²) in [4.78, 5) is 16.1. The molecule has 0 radical (unpaired) electrons. The fourth-order valence-electron chi connectivity index (χ4n) is 1.93. The largest absolute Gasteiger partial charge is 0.337 e. The van der Waals surface area contributed by atoms with Crippen molar-refractivity contribution in [2.75, 3.05) is 33.2 Å². The Labute approximate surface area is 123 Å². The smallest absolute Gasteiger partial charge is 0.246 e. The SMILES string of the molecule is CN1CCN(C(=O)C=Cc2ccc(Cl)cc2Cl)CC1. The van der Waals surface area contributed by atoms with Crippen molar-refractivity contribution < 1.29 is 4.79 Å². The number of rotatable bonds is 2. The molecule has 1 saturated heterocycles. The second-order valence-corrected chi connectivity index (χ2v) is 5.47. The summed E-state index contributed by atoms with van der Waals surface area (Å²) in [6, 6.07) is 5.23. The lowest BCUT2D eigenvalue weighted by atomic mass is 10.2. The third-order valence-electron chi connectivity index (χ3n) is 3.18. The first-order valence-corrected chi connectivity index (χ1v) is 6.92. The molecule has 1 aliphatic rings. The van der Waals surface area contributed by atoms with Crippen LogP contribution in [0.3, 0.4) is 0 Å². The van der Waals surface area contributed by atoms with Crippen LogP contribution < -0.4 is 0 Å². The third kappa shape index (κ3) is 3.96. The van der Waals surface area contributed by atoms with Crippen LogP contribution >= 0.6 is 23.2 Å². The number of hydrogen-bond donors (Lipinski definition) is 0. The lowest BCUT2D eigenvalue weighted by Gasteiger charge is -2.31. The monoisotopic (exact) mass is 298 g/mol. The lowest BCUT2D eigenvalue weighted by molar-refractivity contribution is -0.127. The molecule has 1 aromatic carbocycles. The van der Waals surface area contributed by atoms with E-state index in [2.05, 4.69) is 11.9 Å². The predicted molar refractivity (Wildman–Crippen MR) is 79.6 cm³/mol. The molecule has 0 spiro atoms. The van der Waals surface area contributed by atoms with Crippen molar-refractivity contribution in [2.45, 2.75) is 0 Å². The van der Waals surface area contributed by atoms with Crippen LogP contribution in [-0.2, 0) is 4.79 Å². The number of carbonyl (C=O) groups is 1. The Kier molecular flexibility index (Phi) is 4.86. The molecule has 1 aromatic rings.